The molecule has 1 N–H and O–H groups in total. The van der Waals surface area contributed by atoms with Crippen molar-refractivity contribution in [1.29, 1.82) is 0 Å². The first-order valence-electron chi connectivity index (χ1n) is 11.5. The van der Waals surface area contributed by atoms with Crippen LogP contribution in [0.1, 0.15) is 29.0 Å². The van der Waals surface area contributed by atoms with Gasteiger partial charge in [-0.2, -0.15) is 0 Å². The Morgan fingerprint density at radius 2 is 1.62 bits per heavy atom. The number of aliphatic hydroxyl groups is 1. The second-order valence-electron chi connectivity index (χ2n) is 8.56. The maximum Gasteiger partial charge on any atom is 0.217 e. The maximum atomic E-state index is 11.6. The average Bonchev–Trinajstić information content (AvgIpc) is 2.87. The quantitative estimate of drug-likeness (QED) is 0.249. The zero-order chi connectivity index (χ0) is 23.5. The van der Waals surface area contributed by atoms with Gasteiger partial charge < -0.3 is 9.84 Å². The van der Waals surface area contributed by atoms with E-state index in [1.807, 2.05) is 30.3 Å². The summed E-state index contributed by atoms with van der Waals surface area (Å²) in [6.45, 7) is 0. The molecule has 170 valence electrons. The van der Waals surface area contributed by atoms with E-state index >= 15 is 0 Å². The molecule has 5 rings (SSSR count). The summed E-state index contributed by atoms with van der Waals surface area (Å²) in [4.78, 5) is 4.77. The van der Waals surface area contributed by atoms with Crippen LogP contribution in [0, 0.1) is 0 Å². The number of methoxy groups -OCH3 is 1. The van der Waals surface area contributed by atoms with Gasteiger partial charge >= 0.3 is 0 Å². The van der Waals surface area contributed by atoms with Gasteiger partial charge in [-0.15, -0.1) is 0 Å². The lowest BCUT2D eigenvalue weighted by molar-refractivity contribution is 0.145. The van der Waals surface area contributed by atoms with Gasteiger partial charge in [0.05, 0.1) is 18.7 Å². The summed E-state index contributed by atoms with van der Waals surface area (Å²) in [5, 5.41) is 15.1. The van der Waals surface area contributed by atoms with Gasteiger partial charge in [0.15, 0.2) is 0 Å². The Bertz CT molecular complexity index is 1430. The molecule has 0 aliphatic heterocycles. The van der Waals surface area contributed by atoms with Crippen LogP contribution in [0.5, 0.6) is 5.88 Å². The van der Waals surface area contributed by atoms with Crippen molar-refractivity contribution in [3.63, 3.8) is 0 Å². The second kappa shape index (κ2) is 9.96. The summed E-state index contributed by atoms with van der Waals surface area (Å²) < 4.78 is 6.71. The zero-order valence-corrected chi connectivity index (χ0v) is 20.6. The van der Waals surface area contributed by atoms with Crippen LogP contribution >= 0.6 is 15.9 Å². The van der Waals surface area contributed by atoms with Crippen LogP contribution in [0.25, 0.3) is 21.7 Å². The Balaban J connectivity index is 1.54. The van der Waals surface area contributed by atoms with Gasteiger partial charge in [0.1, 0.15) is 0 Å². The fourth-order valence-electron chi connectivity index (χ4n) is 4.78. The first-order valence-corrected chi connectivity index (χ1v) is 12.3. The number of nitrogens with zero attached hydrogens (tertiary/aromatic N) is 1. The van der Waals surface area contributed by atoms with Crippen LogP contribution in [0.4, 0.5) is 0 Å². The molecule has 2 unspecified atom stereocenters. The minimum atomic E-state index is -0.610. The summed E-state index contributed by atoms with van der Waals surface area (Å²) >= 11 is 3.57. The summed E-state index contributed by atoms with van der Waals surface area (Å²) in [5.41, 5.74) is 4.05. The fourth-order valence-corrected chi connectivity index (χ4v) is 5.16. The van der Waals surface area contributed by atoms with E-state index in [0.717, 1.165) is 32.9 Å². The molecule has 0 bridgehead atoms. The Hall–Kier alpha value is -3.21. The molecule has 3 nitrogen and oxygen atoms in total. The van der Waals surface area contributed by atoms with Gasteiger partial charge in [0.25, 0.3) is 0 Å². The number of ether oxygens (including phenoxy) is 1. The lowest BCUT2D eigenvalue weighted by Crippen LogP contribution is -2.21. The Labute approximate surface area is 208 Å². The van der Waals surface area contributed by atoms with Gasteiger partial charge in [-0.3, -0.25) is 0 Å². The Morgan fingerprint density at radius 1 is 0.853 bits per heavy atom. The van der Waals surface area contributed by atoms with E-state index in [4.69, 9.17) is 9.72 Å². The van der Waals surface area contributed by atoms with Crippen LogP contribution < -0.4 is 4.74 Å². The van der Waals surface area contributed by atoms with Gasteiger partial charge in [-0.25, -0.2) is 4.98 Å². The predicted octanol–water partition coefficient (Wildman–Crippen LogP) is 7.28. The zero-order valence-electron chi connectivity index (χ0n) is 19.0. The lowest BCUT2D eigenvalue weighted by Gasteiger charge is -2.26. The lowest BCUT2D eigenvalue weighted by atomic mass is 9.84. The topological polar surface area (TPSA) is 42.4 Å². The Morgan fingerprint density at radius 3 is 2.44 bits per heavy atom. The third kappa shape index (κ3) is 4.56. The van der Waals surface area contributed by atoms with E-state index in [9.17, 15) is 5.11 Å². The first kappa shape index (κ1) is 22.6. The molecule has 2 atom stereocenters. The minimum absolute atomic E-state index is 0.262. The number of fused-ring (bicyclic) bond motifs is 2. The van der Waals surface area contributed by atoms with Crippen molar-refractivity contribution in [1.82, 2.24) is 4.98 Å². The molecule has 1 heterocycles. The smallest absolute Gasteiger partial charge is 0.217 e. The van der Waals surface area contributed by atoms with E-state index in [0.29, 0.717) is 12.3 Å². The van der Waals surface area contributed by atoms with E-state index in [1.165, 1.54) is 16.3 Å². The molecule has 0 spiro atoms. The molecule has 1 aromatic heterocycles. The van der Waals surface area contributed by atoms with Crippen molar-refractivity contribution in [2.45, 2.75) is 24.9 Å². The number of benzene rings is 4. The molecular weight excluding hydrogens is 486 g/mol. The van der Waals surface area contributed by atoms with E-state index in [-0.39, 0.29) is 5.92 Å². The van der Waals surface area contributed by atoms with Crippen molar-refractivity contribution in [3.8, 4) is 5.88 Å². The Kier molecular flexibility index (Phi) is 6.61. The highest BCUT2D eigenvalue weighted by molar-refractivity contribution is 9.10. The minimum Gasteiger partial charge on any atom is -0.481 e. The highest BCUT2D eigenvalue weighted by Crippen LogP contribution is 2.37. The molecule has 0 aliphatic rings. The monoisotopic (exact) mass is 511 g/mol. The maximum absolute atomic E-state index is 11.6. The van der Waals surface area contributed by atoms with Crippen molar-refractivity contribution >= 4 is 37.6 Å². The highest BCUT2D eigenvalue weighted by Gasteiger charge is 2.27. The first-order chi connectivity index (χ1) is 16.6. The second-order valence-corrected chi connectivity index (χ2v) is 9.47. The van der Waals surface area contributed by atoms with E-state index in [2.05, 4.69) is 82.7 Å². The van der Waals surface area contributed by atoms with Gasteiger partial charge in [-0.05, 0) is 59.0 Å². The SMILES string of the molecule is COc1nc2ccc(Br)cc2cc1C(c1ccccc1)C(O)CCc1cccc2ccccc12. The number of halogens is 1. The van der Waals surface area contributed by atoms with Gasteiger partial charge in [0, 0.05) is 21.3 Å². The predicted molar refractivity (Wildman–Crippen MR) is 143 cm³/mol. The van der Waals surface area contributed by atoms with Crippen molar-refractivity contribution < 1.29 is 9.84 Å². The number of pyridine rings is 1. The number of hydrogen-bond acceptors (Lipinski definition) is 3. The third-order valence-electron chi connectivity index (χ3n) is 6.43. The number of hydrogen-bond donors (Lipinski definition) is 1. The number of rotatable bonds is 7. The molecular formula is C30H26BrNO2. The molecule has 0 saturated heterocycles. The molecule has 0 saturated carbocycles. The van der Waals surface area contributed by atoms with Crippen molar-refractivity contribution in [3.05, 3.63) is 118 Å². The largest absolute Gasteiger partial charge is 0.481 e. The molecule has 0 amide bonds. The highest BCUT2D eigenvalue weighted by atomic mass is 79.9. The number of aromatic nitrogens is 1. The summed E-state index contributed by atoms with van der Waals surface area (Å²) in [7, 11) is 1.64. The number of aliphatic hydroxyl groups excluding tert-OH is 1. The molecule has 5 aromatic rings. The van der Waals surface area contributed by atoms with Crippen molar-refractivity contribution in [2.75, 3.05) is 7.11 Å². The molecule has 0 fully saturated rings. The summed E-state index contributed by atoms with van der Waals surface area (Å²) in [6, 6.07) is 33.0. The van der Waals surface area contributed by atoms with E-state index < -0.39 is 6.10 Å². The molecule has 4 heteroatoms. The van der Waals surface area contributed by atoms with Crippen LogP contribution in [0.15, 0.2) is 102 Å². The van der Waals surface area contributed by atoms with Gasteiger partial charge in [-0.1, -0.05) is 88.7 Å². The average molecular weight is 512 g/mol. The van der Waals surface area contributed by atoms with Crippen LogP contribution in [-0.4, -0.2) is 23.3 Å². The van der Waals surface area contributed by atoms with Crippen molar-refractivity contribution in [2.24, 2.45) is 0 Å². The van der Waals surface area contributed by atoms with Crippen LogP contribution in [0.3, 0.4) is 0 Å². The summed E-state index contributed by atoms with van der Waals surface area (Å²) in [5.74, 6) is 0.287. The molecule has 0 aliphatic carbocycles. The third-order valence-corrected chi connectivity index (χ3v) is 6.92. The fraction of sp³-hybridized carbons (Fsp3) is 0.167. The van der Waals surface area contributed by atoms with Crippen LogP contribution in [-0.2, 0) is 6.42 Å². The normalized spacial score (nSPS) is 13.1. The van der Waals surface area contributed by atoms with Gasteiger partial charge in [0.2, 0.25) is 5.88 Å². The van der Waals surface area contributed by atoms with E-state index in [1.54, 1.807) is 7.11 Å². The number of aryl methyl sites for hydroxylation is 1. The summed E-state index contributed by atoms with van der Waals surface area (Å²) in [6.07, 6.45) is 0.787. The standard InChI is InChI=1S/C30H26BrNO2/c1-34-30-26(19-23-18-24(31)15-16-27(23)32-30)29(22-9-3-2-4-10-22)28(33)17-14-21-12-7-11-20-8-5-6-13-25(20)21/h2-13,15-16,18-19,28-29,33H,14,17H2,1H3. The van der Waals surface area contributed by atoms with Crippen LogP contribution in [0.2, 0.25) is 0 Å². The molecule has 4 aromatic carbocycles. The molecule has 0 radical (unpaired) electrons. The molecule has 34 heavy (non-hydrogen) atoms.